The lowest BCUT2D eigenvalue weighted by atomic mass is 10.1. The second-order valence-electron chi connectivity index (χ2n) is 4.80. The van der Waals surface area contributed by atoms with Crippen molar-refractivity contribution in [1.29, 1.82) is 0 Å². The predicted octanol–water partition coefficient (Wildman–Crippen LogP) is 3.53. The molecule has 0 radical (unpaired) electrons. The van der Waals surface area contributed by atoms with Gasteiger partial charge in [-0.15, -0.1) is 0 Å². The van der Waals surface area contributed by atoms with Crippen LogP contribution in [-0.2, 0) is 4.74 Å². The van der Waals surface area contributed by atoms with Crippen molar-refractivity contribution in [3.05, 3.63) is 42.2 Å². The number of hydrogen-bond donors (Lipinski definition) is 0. The summed E-state index contributed by atoms with van der Waals surface area (Å²) in [6.45, 7) is 4.06. The van der Waals surface area contributed by atoms with E-state index in [0.29, 0.717) is 5.69 Å². The van der Waals surface area contributed by atoms with Crippen molar-refractivity contribution in [3.8, 4) is 16.9 Å². The number of esters is 1. The van der Waals surface area contributed by atoms with Gasteiger partial charge in [-0.05, 0) is 37.6 Å². The van der Waals surface area contributed by atoms with E-state index < -0.39 is 0 Å². The molecule has 0 amide bonds. The second kappa shape index (κ2) is 5.82. The molecule has 0 atom stereocenters. The van der Waals surface area contributed by atoms with Gasteiger partial charge in [0.25, 0.3) is 0 Å². The maximum atomic E-state index is 12.0. The molecule has 0 saturated carbocycles. The normalized spacial score (nSPS) is 10.7. The van der Waals surface area contributed by atoms with Crippen LogP contribution in [0.15, 0.2) is 36.5 Å². The Labute approximate surface area is 118 Å². The molecule has 20 heavy (non-hydrogen) atoms. The number of rotatable bonds is 4. The summed E-state index contributed by atoms with van der Waals surface area (Å²) < 4.78 is 12.0. The molecule has 2 rings (SSSR count). The smallest absolute Gasteiger partial charge is 0.355 e. The van der Waals surface area contributed by atoms with Crippen LogP contribution >= 0.6 is 0 Å². The summed E-state index contributed by atoms with van der Waals surface area (Å²) in [7, 11) is 3.03. The Hall–Kier alpha value is -2.23. The molecule has 4 heteroatoms. The Morgan fingerprint density at radius 1 is 1.10 bits per heavy atom. The molecule has 1 heterocycles. The molecule has 0 saturated heterocycles. The quantitative estimate of drug-likeness (QED) is 0.800. The van der Waals surface area contributed by atoms with Crippen LogP contribution in [0.5, 0.6) is 5.75 Å². The van der Waals surface area contributed by atoms with Gasteiger partial charge < -0.3 is 14.0 Å². The van der Waals surface area contributed by atoms with Crippen molar-refractivity contribution in [2.45, 2.75) is 19.9 Å². The van der Waals surface area contributed by atoms with E-state index in [2.05, 4.69) is 0 Å². The number of methoxy groups -OCH3 is 2. The molecule has 106 valence electrons. The van der Waals surface area contributed by atoms with Crippen LogP contribution < -0.4 is 4.74 Å². The van der Waals surface area contributed by atoms with Crippen LogP contribution in [0.4, 0.5) is 0 Å². The van der Waals surface area contributed by atoms with Gasteiger partial charge in [-0.2, -0.15) is 0 Å². The predicted molar refractivity (Wildman–Crippen MR) is 78.1 cm³/mol. The van der Waals surface area contributed by atoms with Gasteiger partial charge >= 0.3 is 5.97 Å². The number of nitrogens with zero attached hydrogens (tertiary/aromatic N) is 1. The lowest BCUT2D eigenvalue weighted by molar-refractivity contribution is 0.0587. The molecule has 1 aromatic heterocycles. The Kier molecular flexibility index (Phi) is 4.13. The minimum atomic E-state index is -0.325. The lowest BCUT2D eigenvalue weighted by Crippen LogP contribution is -2.12. The zero-order chi connectivity index (χ0) is 14.7. The van der Waals surface area contributed by atoms with E-state index in [0.717, 1.165) is 16.9 Å². The van der Waals surface area contributed by atoms with E-state index in [1.165, 1.54) is 7.11 Å². The van der Waals surface area contributed by atoms with Crippen molar-refractivity contribution < 1.29 is 14.3 Å². The molecule has 0 fully saturated rings. The van der Waals surface area contributed by atoms with E-state index in [4.69, 9.17) is 9.47 Å². The SMILES string of the molecule is COC(=O)c1c(-c2ccc(OC)cc2)ccn1C(C)C. The fraction of sp³-hybridized carbons (Fsp3) is 0.312. The summed E-state index contributed by atoms with van der Waals surface area (Å²) in [6.07, 6.45) is 1.91. The second-order valence-corrected chi connectivity index (χ2v) is 4.80. The summed E-state index contributed by atoms with van der Waals surface area (Å²) in [6, 6.07) is 9.76. The van der Waals surface area contributed by atoms with E-state index in [1.54, 1.807) is 7.11 Å². The zero-order valence-electron chi connectivity index (χ0n) is 12.2. The first-order valence-corrected chi connectivity index (χ1v) is 6.52. The van der Waals surface area contributed by atoms with Crippen molar-refractivity contribution in [1.82, 2.24) is 4.57 Å². The summed E-state index contributed by atoms with van der Waals surface area (Å²) in [4.78, 5) is 12.0. The Morgan fingerprint density at radius 3 is 2.25 bits per heavy atom. The first-order chi connectivity index (χ1) is 9.58. The van der Waals surface area contributed by atoms with Crippen LogP contribution in [0.25, 0.3) is 11.1 Å². The minimum Gasteiger partial charge on any atom is -0.497 e. The van der Waals surface area contributed by atoms with Crippen LogP contribution in [0.3, 0.4) is 0 Å². The van der Waals surface area contributed by atoms with Gasteiger partial charge in [0.2, 0.25) is 0 Å². The van der Waals surface area contributed by atoms with E-state index in [9.17, 15) is 4.79 Å². The summed E-state index contributed by atoms with van der Waals surface area (Å²) in [5.41, 5.74) is 2.41. The van der Waals surface area contributed by atoms with E-state index in [1.807, 2.05) is 54.9 Å². The number of benzene rings is 1. The average molecular weight is 273 g/mol. The number of carbonyl (C=O) groups is 1. The fourth-order valence-corrected chi connectivity index (χ4v) is 2.19. The Bertz CT molecular complexity index is 597. The highest BCUT2D eigenvalue weighted by molar-refractivity contribution is 5.96. The van der Waals surface area contributed by atoms with Crippen LogP contribution in [0.1, 0.15) is 30.4 Å². The maximum absolute atomic E-state index is 12.0. The molecule has 0 bridgehead atoms. The molecule has 0 unspecified atom stereocenters. The average Bonchev–Trinajstić information content (AvgIpc) is 2.91. The molecule has 0 aliphatic heterocycles. The first kappa shape index (κ1) is 14.2. The van der Waals surface area contributed by atoms with Crippen LogP contribution in [0, 0.1) is 0 Å². The van der Waals surface area contributed by atoms with Crippen LogP contribution in [0.2, 0.25) is 0 Å². The number of hydrogen-bond acceptors (Lipinski definition) is 3. The van der Waals surface area contributed by atoms with E-state index >= 15 is 0 Å². The van der Waals surface area contributed by atoms with Gasteiger partial charge in [-0.3, -0.25) is 0 Å². The summed E-state index contributed by atoms with van der Waals surface area (Å²) >= 11 is 0. The third-order valence-corrected chi connectivity index (χ3v) is 3.25. The summed E-state index contributed by atoms with van der Waals surface area (Å²) in [5, 5.41) is 0. The van der Waals surface area contributed by atoms with Gasteiger partial charge in [0.1, 0.15) is 11.4 Å². The van der Waals surface area contributed by atoms with Gasteiger partial charge in [0, 0.05) is 17.8 Å². The highest BCUT2D eigenvalue weighted by Gasteiger charge is 2.20. The molecule has 1 aromatic carbocycles. The molecular formula is C16H19NO3. The van der Waals surface area contributed by atoms with Crippen LogP contribution in [-0.4, -0.2) is 24.8 Å². The molecule has 0 aliphatic rings. The first-order valence-electron chi connectivity index (χ1n) is 6.52. The van der Waals surface area contributed by atoms with Crippen molar-refractivity contribution in [3.63, 3.8) is 0 Å². The third kappa shape index (κ3) is 2.54. The monoisotopic (exact) mass is 273 g/mol. The molecule has 0 N–H and O–H groups in total. The minimum absolute atomic E-state index is 0.191. The van der Waals surface area contributed by atoms with E-state index in [-0.39, 0.29) is 12.0 Å². The third-order valence-electron chi connectivity index (χ3n) is 3.25. The molecule has 2 aromatic rings. The molecule has 4 nitrogen and oxygen atoms in total. The topological polar surface area (TPSA) is 40.5 Å². The fourth-order valence-electron chi connectivity index (χ4n) is 2.19. The highest BCUT2D eigenvalue weighted by atomic mass is 16.5. The van der Waals surface area contributed by atoms with Gasteiger partial charge in [-0.1, -0.05) is 12.1 Å². The standard InChI is InChI=1S/C16H19NO3/c1-11(2)17-10-9-14(15(17)16(18)20-4)12-5-7-13(19-3)8-6-12/h5-11H,1-4H3. The molecule has 0 spiro atoms. The summed E-state index contributed by atoms with van der Waals surface area (Å²) in [5.74, 6) is 0.464. The molecular weight excluding hydrogens is 254 g/mol. The molecule has 0 aliphatic carbocycles. The van der Waals surface area contributed by atoms with Gasteiger partial charge in [0.15, 0.2) is 0 Å². The number of ether oxygens (including phenoxy) is 2. The van der Waals surface area contributed by atoms with Gasteiger partial charge in [0.05, 0.1) is 14.2 Å². The Morgan fingerprint density at radius 2 is 1.75 bits per heavy atom. The Balaban J connectivity index is 2.52. The number of aromatic nitrogens is 1. The number of carbonyl (C=O) groups excluding carboxylic acids is 1. The van der Waals surface area contributed by atoms with Gasteiger partial charge in [-0.25, -0.2) is 4.79 Å². The zero-order valence-corrected chi connectivity index (χ0v) is 12.2. The lowest BCUT2D eigenvalue weighted by Gasteiger charge is -2.13. The maximum Gasteiger partial charge on any atom is 0.355 e. The van der Waals surface area contributed by atoms with Crippen molar-refractivity contribution in [2.24, 2.45) is 0 Å². The largest absolute Gasteiger partial charge is 0.497 e. The van der Waals surface area contributed by atoms with Crippen molar-refractivity contribution >= 4 is 5.97 Å². The highest BCUT2D eigenvalue weighted by Crippen LogP contribution is 2.29. The van der Waals surface area contributed by atoms with Crippen molar-refractivity contribution in [2.75, 3.05) is 14.2 Å².